The fraction of sp³-hybridized carbons (Fsp3) is 0.571. The van der Waals surface area contributed by atoms with Gasteiger partial charge in [0.25, 0.3) is 0 Å². The molecule has 0 aliphatic heterocycles. The molecule has 14 heavy (non-hydrogen) atoms. The molecule has 1 aromatic rings. The van der Waals surface area contributed by atoms with E-state index in [1.807, 2.05) is 0 Å². The Hall–Kier alpha value is -0.780. The first-order valence-electron chi connectivity index (χ1n) is 5.84. The smallest absolute Gasteiger partial charge is 0.0151 e. The Morgan fingerprint density at radius 1 is 1.00 bits per heavy atom. The van der Waals surface area contributed by atoms with Crippen molar-refractivity contribution >= 4 is 0 Å². The van der Waals surface area contributed by atoms with Gasteiger partial charge in [-0.1, -0.05) is 30.7 Å². The van der Waals surface area contributed by atoms with Gasteiger partial charge in [-0.25, -0.2) is 0 Å². The Kier molecular flexibility index (Phi) is 1.74. The molecule has 0 nitrogen and oxygen atoms in total. The normalized spacial score (nSPS) is 34.3. The number of aryl methyl sites for hydroxylation is 1. The van der Waals surface area contributed by atoms with E-state index in [-0.39, 0.29) is 0 Å². The summed E-state index contributed by atoms with van der Waals surface area (Å²) in [7, 11) is 0. The third-order valence-electron chi connectivity index (χ3n) is 4.06. The Bertz CT molecular complexity index is 362. The Morgan fingerprint density at radius 3 is 2.50 bits per heavy atom. The molecule has 1 aromatic carbocycles. The molecule has 0 amide bonds. The molecule has 2 aliphatic carbocycles. The minimum absolute atomic E-state index is 0.888. The average molecular weight is 186 g/mol. The molecule has 3 unspecified atom stereocenters. The molecule has 1 fully saturated rings. The number of fused-ring (bicyclic) bond motifs is 5. The van der Waals surface area contributed by atoms with Gasteiger partial charge in [0.1, 0.15) is 0 Å². The van der Waals surface area contributed by atoms with Crippen LogP contribution in [-0.4, -0.2) is 0 Å². The van der Waals surface area contributed by atoms with Crippen LogP contribution in [0, 0.1) is 12.8 Å². The first-order chi connectivity index (χ1) is 6.74. The number of hydrogen-bond donors (Lipinski definition) is 0. The maximum Gasteiger partial charge on any atom is -0.0151 e. The predicted molar refractivity (Wildman–Crippen MR) is 59.7 cm³/mol. The van der Waals surface area contributed by atoms with E-state index in [2.05, 4.69) is 32.0 Å². The van der Waals surface area contributed by atoms with Crippen molar-refractivity contribution in [3.63, 3.8) is 0 Å². The van der Waals surface area contributed by atoms with Crippen molar-refractivity contribution in [2.24, 2.45) is 5.92 Å². The fourth-order valence-electron chi connectivity index (χ4n) is 3.53. The van der Waals surface area contributed by atoms with Gasteiger partial charge in [-0.15, -0.1) is 0 Å². The molecule has 0 radical (unpaired) electrons. The van der Waals surface area contributed by atoms with E-state index in [0.717, 1.165) is 17.8 Å². The molecular formula is C14H18. The first kappa shape index (κ1) is 8.52. The van der Waals surface area contributed by atoms with Gasteiger partial charge in [-0.3, -0.25) is 0 Å². The van der Waals surface area contributed by atoms with Crippen molar-refractivity contribution in [2.75, 3.05) is 0 Å². The van der Waals surface area contributed by atoms with Crippen LogP contribution in [0.4, 0.5) is 0 Å². The molecule has 0 heterocycles. The summed E-state index contributed by atoms with van der Waals surface area (Å²) in [5.41, 5.74) is 4.79. The highest BCUT2D eigenvalue weighted by atomic mass is 14.4. The minimum atomic E-state index is 0.888. The molecule has 3 atom stereocenters. The molecule has 1 saturated carbocycles. The molecule has 0 aromatic heterocycles. The first-order valence-corrected chi connectivity index (χ1v) is 5.84. The third kappa shape index (κ3) is 1.13. The zero-order valence-electron chi connectivity index (χ0n) is 9.09. The lowest BCUT2D eigenvalue weighted by Gasteiger charge is -2.24. The Labute approximate surface area is 86.3 Å². The number of rotatable bonds is 0. The standard InChI is InChI=1S/C14H18/c1-9-3-4-13-11-5-10(2)6-12(8-11)14(13)7-9/h3-4,7,10-12H,5-6,8H2,1-2H3. The van der Waals surface area contributed by atoms with Crippen LogP contribution in [0.2, 0.25) is 0 Å². The van der Waals surface area contributed by atoms with Gasteiger partial charge in [-0.05, 0) is 55.1 Å². The summed E-state index contributed by atoms with van der Waals surface area (Å²) in [6.07, 6.45) is 4.28. The van der Waals surface area contributed by atoms with E-state index < -0.39 is 0 Å². The van der Waals surface area contributed by atoms with Gasteiger partial charge < -0.3 is 0 Å². The molecular weight excluding hydrogens is 168 g/mol. The van der Waals surface area contributed by atoms with Gasteiger partial charge in [-0.2, -0.15) is 0 Å². The molecule has 74 valence electrons. The summed E-state index contributed by atoms with van der Waals surface area (Å²) in [5.74, 6) is 2.71. The highest BCUT2D eigenvalue weighted by molar-refractivity contribution is 5.42. The van der Waals surface area contributed by atoms with Gasteiger partial charge in [0.2, 0.25) is 0 Å². The lowest BCUT2D eigenvalue weighted by molar-refractivity contribution is 0.337. The maximum absolute atomic E-state index is 2.43. The largest absolute Gasteiger partial charge is 0.0625 e. The quantitative estimate of drug-likeness (QED) is 0.574. The molecule has 0 N–H and O–H groups in total. The maximum atomic E-state index is 2.43. The van der Waals surface area contributed by atoms with Crippen LogP contribution in [0.3, 0.4) is 0 Å². The predicted octanol–water partition coefficient (Wildman–Crippen LogP) is 4.00. The SMILES string of the molecule is Cc1ccc2c(c1)C1CC(C)CC2C1. The second-order valence-corrected chi connectivity index (χ2v) is 5.34. The van der Waals surface area contributed by atoms with Gasteiger partial charge in [0.15, 0.2) is 0 Å². The number of hydrogen-bond acceptors (Lipinski definition) is 0. The number of benzene rings is 1. The lowest BCUT2D eigenvalue weighted by atomic mass is 9.80. The van der Waals surface area contributed by atoms with Crippen LogP contribution in [0.25, 0.3) is 0 Å². The summed E-state index contributed by atoms with van der Waals surface area (Å²) >= 11 is 0. The second kappa shape index (κ2) is 2.85. The zero-order valence-corrected chi connectivity index (χ0v) is 9.09. The third-order valence-corrected chi connectivity index (χ3v) is 4.06. The van der Waals surface area contributed by atoms with E-state index in [1.165, 1.54) is 24.8 Å². The highest BCUT2D eigenvalue weighted by Crippen LogP contribution is 2.52. The topological polar surface area (TPSA) is 0 Å². The van der Waals surface area contributed by atoms with Crippen molar-refractivity contribution in [3.05, 3.63) is 34.9 Å². The Morgan fingerprint density at radius 2 is 1.71 bits per heavy atom. The summed E-state index contributed by atoms with van der Waals surface area (Å²) in [6.45, 7) is 4.63. The zero-order chi connectivity index (χ0) is 9.71. The monoisotopic (exact) mass is 186 g/mol. The molecule has 2 bridgehead atoms. The van der Waals surface area contributed by atoms with E-state index >= 15 is 0 Å². The lowest BCUT2D eigenvalue weighted by Crippen LogP contribution is -2.10. The summed E-state index contributed by atoms with van der Waals surface area (Å²) < 4.78 is 0. The summed E-state index contributed by atoms with van der Waals surface area (Å²) in [4.78, 5) is 0. The van der Waals surface area contributed by atoms with Gasteiger partial charge >= 0.3 is 0 Å². The summed E-state index contributed by atoms with van der Waals surface area (Å²) in [6, 6.07) is 7.09. The highest BCUT2D eigenvalue weighted by Gasteiger charge is 2.36. The van der Waals surface area contributed by atoms with Gasteiger partial charge in [0.05, 0.1) is 0 Å². The minimum Gasteiger partial charge on any atom is -0.0625 e. The van der Waals surface area contributed by atoms with Crippen LogP contribution in [0.5, 0.6) is 0 Å². The fourth-order valence-corrected chi connectivity index (χ4v) is 3.53. The second-order valence-electron chi connectivity index (χ2n) is 5.34. The average Bonchev–Trinajstić information content (AvgIpc) is 2.39. The molecule has 0 spiro atoms. The van der Waals surface area contributed by atoms with Crippen molar-refractivity contribution in [3.8, 4) is 0 Å². The molecule has 2 aliphatic rings. The van der Waals surface area contributed by atoms with Gasteiger partial charge in [0, 0.05) is 0 Å². The van der Waals surface area contributed by atoms with Crippen LogP contribution in [0.1, 0.15) is 54.7 Å². The van der Waals surface area contributed by atoms with Crippen molar-refractivity contribution < 1.29 is 0 Å². The Balaban J connectivity index is 2.09. The van der Waals surface area contributed by atoms with Crippen LogP contribution < -0.4 is 0 Å². The van der Waals surface area contributed by atoms with Crippen LogP contribution in [-0.2, 0) is 0 Å². The molecule has 3 rings (SSSR count). The van der Waals surface area contributed by atoms with E-state index in [4.69, 9.17) is 0 Å². The van der Waals surface area contributed by atoms with E-state index in [9.17, 15) is 0 Å². The van der Waals surface area contributed by atoms with E-state index in [1.54, 1.807) is 11.1 Å². The molecule has 0 heteroatoms. The molecule has 0 saturated heterocycles. The van der Waals surface area contributed by atoms with Crippen molar-refractivity contribution in [1.82, 2.24) is 0 Å². The van der Waals surface area contributed by atoms with Crippen molar-refractivity contribution in [1.29, 1.82) is 0 Å². The van der Waals surface area contributed by atoms with E-state index in [0.29, 0.717) is 0 Å². The summed E-state index contributed by atoms with van der Waals surface area (Å²) in [5, 5.41) is 0. The van der Waals surface area contributed by atoms with Crippen molar-refractivity contribution in [2.45, 2.75) is 44.9 Å². The van der Waals surface area contributed by atoms with Crippen LogP contribution >= 0.6 is 0 Å². The van der Waals surface area contributed by atoms with Crippen LogP contribution in [0.15, 0.2) is 18.2 Å².